The minimum Gasteiger partial charge on any atom is -0.504 e. The molecule has 0 radical (unpaired) electrons. The number of aliphatic hydroxyl groups excluding tert-OH is 1. The maximum absolute atomic E-state index is 9.05. The maximum Gasteiger partial charge on any atom is 0.157 e. The lowest BCUT2D eigenvalue weighted by molar-refractivity contribution is 0.198. The molecule has 3 heteroatoms. The number of hydrogen-bond acceptors (Lipinski definition) is 3. The maximum atomic E-state index is 9.05. The van der Waals surface area contributed by atoms with Crippen molar-refractivity contribution in [3.8, 4) is 11.5 Å². The van der Waals surface area contributed by atoms with Crippen molar-refractivity contribution >= 4 is 0 Å². The van der Waals surface area contributed by atoms with Crippen LogP contribution >= 0.6 is 0 Å². The van der Waals surface area contributed by atoms with E-state index in [4.69, 9.17) is 15.3 Å². The molecule has 0 saturated heterocycles. The summed E-state index contributed by atoms with van der Waals surface area (Å²) in [6.45, 7) is 1.59. The average molecular weight is 154 g/mol. The van der Waals surface area contributed by atoms with E-state index in [-0.39, 0.29) is 11.5 Å². The van der Waals surface area contributed by atoms with Gasteiger partial charge < -0.3 is 15.3 Å². The first-order valence-electron chi connectivity index (χ1n) is 3.31. The highest BCUT2D eigenvalue weighted by atomic mass is 16.3. The van der Waals surface area contributed by atoms with Crippen LogP contribution in [0.15, 0.2) is 18.2 Å². The van der Waals surface area contributed by atoms with Crippen molar-refractivity contribution < 1.29 is 15.3 Å². The van der Waals surface area contributed by atoms with Gasteiger partial charge in [-0.1, -0.05) is 6.07 Å². The summed E-state index contributed by atoms with van der Waals surface area (Å²) in [6, 6.07) is 4.23. The van der Waals surface area contributed by atoms with Crippen molar-refractivity contribution in [1.29, 1.82) is 0 Å². The normalized spacial score (nSPS) is 12.9. The van der Waals surface area contributed by atoms with Crippen LogP contribution in [-0.2, 0) is 0 Å². The molecule has 0 spiro atoms. The lowest BCUT2D eigenvalue weighted by atomic mass is 10.1. The van der Waals surface area contributed by atoms with E-state index < -0.39 is 6.10 Å². The van der Waals surface area contributed by atoms with E-state index >= 15 is 0 Å². The monoisotopic (exact) mass is 154 g/mol. The van der Waals surface area contributed by atoms with Gasteiger partial charge in [-0.05, 0) is 24.6 Å². The van der Waals surface area contributed by atoms with Gasteiger partial charge >= 0.3 is 0 Å². The Balaban J connectivity index is 3.05. The fourth-order valence-electron chi connectivity index (χ4n) is 0.800. The zero-order chi connectivity index (χ0) is 8.43. The highest BCUT2D eigenvalue weighted by Gasteiger charge is 2.03. The first kappa shape index (κ1) is 7.88. The Labute approximate surface area is 64.5 Å². The van der Waals surface area contributed by atoms with E-state index in [0.717, 1.165) is 0 Å². The Morgan fingerprint density at radius 2 is 1.82 bits per heavy atom. The Bertz CT molecular complexity index is 256. The van der Waals surface area contributed by atoms with Crippen LogP contribution in [0.1, 0.15) is 18.6 Å². The fourth-order valence-corrected chi connectivity index (χ4v) is 0.800. The molecule has 0 bridgehead atoms. The SMILES string of the molecule is CC(O)c1ccc(O)c(O)c1. The first-order valence-corrected chi connectivity index (χ1v) is 3.31. The van der Waals surface area contributed by atoms with Gasteiger partial charge in [0, 0.05) is 0 Å². The Kier molecular flexibility index (Phi) is 2.01. The minimum absolute atomic E-state index is 0.172. The molecule has 0 aliphatic carbocycles. The fraction of sp³-hybridized carbons (Fsp3) is 0.250. The van der Waals surface area contributed by atoms with Gasteiger partial charge in [-0.2, -0.15) is 0 Å². The van der Waals surface area contributed by atoms with Gasteiger partial charge in [-0.25, -0.2) is 0 Å². The standard InChI is InChI=1S/C8H10O3/c1-5(9)6-2-3-7(10)8(11)4-6/h2-5,9-11H,1H3. The third-order valence-corrected chi connectivity index (χ3v) is 1.48. The molecule has 1 aromatic carbocycles. The molecule has 3 N–H and O–H groups in total. The van der Waals surface area contributed by atoms with E-state index in [1.807, 2.05) is 0 Å². The van der Waals surface area contributed by atoms with Gasteiger partial charge in [0.15, 0.2) is 11.5 Å². The molecule has 60 valence electrons. The van der Waals surface area contributed by atoms with Crippen molar-refractivity contribution in [1.82, 2.24) is 0 Å². The molecule has 0 saturated carbocycles. The molecule has 1 unspecified atom stereocenters. The van der Waals surface area contributed by atoms with Gasteiger partial charge in [0.2, 0.25) is 0 Å². The molecule has 1 atom stereocenters. The van der Waals surface area contributed by atoms with Crippen LogP contribution in [0.3, 0.4) is 0 Å². The van der Waals surface area contributed by atoms with E-state index in [2.05, 4.69) is 0 Å². The molecule has 11 heavy (non-hydrogen) atoms. The number of phenolic OH excluding ortho intramolecular Hbond substituents is 2. The number of rotatable bonds is 1. The van der Waals surface area contributed by atoms with Gasteiger partial charge in [0.05, 0.1) is 6.10 Å². The van der Waals surface area contributed by atoms with Gasteiger partial charge in [0.1, 0.15) is 0 Å². The highest BCUT2D eigenvalue weighted by Crippen LogP contribution is 2.27. The third kappa shape index (κ3) is 1.62. The lowest BCUT2D eigenvalue weighted by Crippen LogP contribution is -1.89. The summed E-state index contributed by atoms with van der Waals surface area (Å²) < 4.78 is 0. The van der Waals surface area contributed by atoms with Crippen molar-refractivity contribution in [3.63, 3.8) is 0 Å². The van der Waals surface area contributed by atoms with Crippen LogP contribution in [0.4, 0.5) is 0 Å². The number of hydrogen-bond donors (Lipinski definition) is 3. The van der Waals surface area contributed by atoms with Crippen molar-refractivity contribution in [3.05, 3.63) is 23.8 Å². The second-order valence-electron chi connectivity index (χ2n) is 2.42. The van der Waals surface area contributed by atoms with Crippen molar-refractivity contribution in [2.45, 2.75) is 13.0 Å². The predicted molar refractivity (Wildman–Crippen MR) is 40.4 cm³/mol. The van der Waals surface area contributed by atoms with E-state index in [9.17, 15) is 0 Å². The van der Waals surface area contributed by atoms with Crippen LogP contribution < -0.4 is 0 Å². The van der Waals surface area contributed by atoms with Crippen LogP contribution in [0.25, 0.3) is 0 Å². The highest BCUT2D eigenvalue weighted by molar-refractivity contribution is 5.40. The number of phenols is 2. The minimum atomic E-state index is -0.624. The molecule has 0 aliphatic heterocycles. The molecule has 0 amide bonds. The van der Waals surface area contributed by atoms with Crippen LogP contribution in [0, 0.1) is 0 Å². The van der Waals surface area contributed by atoms with Crippen molar-refractivity contribution in [2.75, 3.05) is 0 Å². The number of aliphatic hydroxyl groups is 1. The topological polar surface area (TPSA) is 60.7 Å². The largest absolute Gasteiger partial charge is 0.504 e. The Morgan fingerprint density at radius 3 is 2.27 bits per heavy atom. The average Bonchev–Trinajstić information content (AvgIpc) is 1.94. The number of benzene rings is 1. The van der Waals surface area contributed by atoms with Crippen LogP contribution in [0.5, 0.6) is 11.5 Å². The zero-order valence-electron chi connectivity index (χ0n) is 6.15. The van der Waals surface area contributed by atoms with E-state index in [1.54, 1.807) is 13.0 Å². The summed E-state index contributed by atoms with van der Waals surface area (Å²) in [7, 11) is 0. The molecular formula is C8H10O3. The summed E-state index contributed by atoms with van der Waals surface area (Å²) >= 11 is 0. The molecule has 0 heterocycles. The van der Waals surface area contributed by atoms with Crippen LogP contribution in [0.2, 0.25) is 0 Å². The molecule has 0 aromatic heterocycles. The molecule has 0 aliphatic rings. The summed E-state index contributed by atoms with van der Waals surface area (Å²) in [5.74, 6) is -0.377. The predicted octanol–water partition coefficient (Wildman–Crippen LogP) is 1.15. The Morgan fingerprint density at radius 1 is 1.18 bits per heavy atom. The summed E-state index contributed by atoms with van der Waals surface area (Å²) in [5, 5.41) is 26.9. The molecule has 1 aromatic rings. The van der Waals surface area contributed by atoms with Gasteiger partial charge in [-0.15, -0.1) is 0 Å². The molecule has 3 nitrogen and oxygen atoms in total. The zero-order valence-corrected chi connectivity index (χ0v) is 6.15. The first-order chi connectivity index (χ1) is 5.11. The number of aromatic hydroxyl groups is 2. The van der Waals surface area contributed by atoms with E-state index in [1.165, 1.54) is 12.1 Å². The molecule has 0 fully saturated rings. The quantitative estimate of drug-likeness (QED) is 0.532. The molecular weight excluding hydrogens is 144 g/mol. The molecule has 1 rings (SSSR count). The van der Waals surface area contributed by atoms with Crippen LogP contribution in [-0.4, -0.2) is 15.3 Å². The van der Waals surface area contributed by atoms with E-state index in [0.29, 0.717) is 5.56 Å². The summed E-state index contributed by atoms with van der Waals surface area (Å²) in [6.07, 6.45) is -0.624. The third-order valence-electron chi connectivity index (χ3n) is 1.48. The summed E-state index contributed by atoms with van der Waals surface area (Å²) in [4.78, 5) is 0. The second kappa shape index (κ2) is 2.80. The Hall–Kier alpha value is -1.22. The smallest absolute Gasteiger partial charge is 0.157 e. The van der Waals surface area contributed by atoms with Gasteiger partial charge in [0.25, 0.3) is 0 Å². The summed E-state index contributed by atoms with van der Waals surface area (Å²) in [5.41, 5.74) is 0.584. The lowest BCUT2D eigenvalue weighted by Gasteiger charge is -2.04. The van der Waals surface area contributed by atoms with Crippen molar-refractivity contribution in [2.24, 2.45) is 0 Å². The van der Waals surface area contributed by atoms with Gasteiger partial charge in [-0.3, -0.25) is 0 Å². The second-order valence-corrected chi connectivity index (χ2v) is 2.42.